The summed E-state index contributed by atoms with van der Waals surface area (Å²) in [6.07, 6.45) is 0.0883. The maximum Gasteiger partial charge on any atom is 0.243 e. The van der Waals surface area contributed by atoms with Gasteiger partial charge in [0.1, 0.15) is 5.75 Å². The highest BCUT2D eigenvalue weighted by molar-refractivity contribution is 7.12. The lowest BCUT2D eigenvalue weighted by Gasteiger charge is -2.23. The number of amides is 1. The summed E-state index contributed by atoms with van der Waals surface area (Å²) in [5.41, 5.74) is 1.66. The average Bonchev–Trinajstić information content (AvgIpc) is 3.28. The van der Waals surface area contributed by atoms with Gasteiger partial charge < -0.3 is 14.6 Å². The van der Waals surface area contributed by atoms with Crippen LogP contribution in [0.3, 0.4) is 0 Å². The average molecular weight is 357 g/mol. The molecule has 7 heteroatoms. The van der Waals surface area contributed by atoms with Crippen molar-refractivity contribution in [1.29, 1.82) is 0 Å². The summed E-state index contributed by atoms with van der Waals surface area (Å²) >= 11 is 1.56. The molecule has 6 nitrogen and oxygen atoms in total. The second-order valence-corrected chi connectivity index (χ2v) is 6.54. The van der Waals surface area contributed by atoms with Gasteiger partial charge in [0.25, 0.3) is 0 Å². The first kappa shape index (κ1) is 17.2. The molecule has 1 amide bonds. The molecule has 2 heterocycles. The molecule has 1 aliphatic rings. The summed E-state index contributed by atoms with van der Waals surface area (Å²) in [6.45, 7) is 0. The number of hydrazone groups is 1. The lowest BCUT2D eigenvalue weighted by atomic mass is 10.00. The van der Waals surface area contributed by atoms with Crippen LogP contribution >= 0.6 is 11.3 Å². The van der Waals surface area contributed by atoms with Gasteiger partial charge in [-0.3, -0.25) is 4.79 Å². The van der Waals surface area contributed by atoms with Crippen LogP contribution in [-0.4, -0.2) is 29.7 Å². The minimum Gasteiger partial charge on any atom is -0.550 e. The highest BCUT2D eigenvalue weighted by Gasteiger charge is 2.34. The van der Waals surface area contributed by atoms with Gasteiger partial charge >= 0.3 is 0 Å². The molecule has 3 rings (SSSR count). The fourth-order valence-corrected chi connectivity index (χ4v) is 3.56. The Bertz CT molecular complexity index is 801. The normalized spacial score (nSPS) is 16.6. The van der Waals surface area contributed by atoms with Gasteiger partial charge in [0, 0.05) is 24.4 Å². The van der Waals surface area contributed by atoms with Crippen molar-refractivity contribution < 1.29 is 19.4 Å². The largest absolute Gasteiger partial charge is 0.550 e. The zero-order valence-electron chi connectivity index (χ0n) is 13.7. The molecule has 2 aromatic rings. The first-order valence-corrected chi connectivity index (χ1v) is 8.74. The third-order valence-corrected chi connectivity index (χ3v) is 4.93. The number of benzene rings is 1. The minimum absolute atomic E-state index is 0.144. The number of hydrogen-bond acceptors (Lipinski definition) is 6. The first-order chi connectivity index (χ1) is 12.1. The number of thiophene rings is 1. The summed E-state index contributed by atoms with van der Waals surface area (Å²) in [5, 5.41) is 18.5. The van der Waals surface area contributed by atoms with Gasteiger partial charge in [-0.15, -0.1) is 11.3 Å². The lowest BCUT2D eigenvalue weighted by molar-refractivity contribution is -0.305. The summed E-state index contributed by atoms with van der Waals surface area (Å²) in [5.74, 6) is -0.914. The number of hydrogen-bond donors (Lipinski definition) is 0. The Morgan fingerprint density at radius 2 is 2.08 bits per heavy atom. The molecule has 0 spiro atoms. The topological polar surface area (TPSA) is 82.0 Å². The number of nitrogens with zero attached hydrogens (tertiary/aromatic N) is 2. The zero-order valence-corrected chi connectivity index (χ0v) is 14.5. The fourth-order valence-electron chi connectivity index (χ4n) is 2.84. The van der Waals surface area contributed by atoms with Gasteiger partial charge in [-0.25, -0.2) is 5.01 Å². The first-order valence-electron chi connectivity index (χ1n) is 7.86. The highest BCUT2D eigenvalue weighted by atomic mass is 32.1. The molecular formula is C18H17N2O4S-. The Hall–Kier alpha value is -2.67. The van der Waals surface area contributed by atoms with Crippen LogP contribution in [0.1, 0.15) is 35.7 Å². The predicted octanol–water partition coefficient (Wildman–Crippen LogP) is 1.96. The molecular weight excluding hydrogens is 340 g/mol. The van der Waals surface area contributed by atoms with Crippen LogP contribution in [0.5, 0.6) is 5.75 Å². The highest BCUT2D eigenvalue weighted by Crippen LogP contribution is 2.38. The van der Waals surface area contributed by atoms with E-state index in [1.54, 1.807) is 18.4 Å². The van der Waals surface area contributed by atoms with Crippen LogP contribution < -0.4 is 9.84 Å². The van der Waals surface area contributed by atoms with E-state index in [1.165, 1.54) is 5.01 Å². The number of carboxylic acids is 1. The second kappa shape index (κ2) is 7.48. The molecule has 130 valence electrons. The molecule has 1 aromatic heterocycles. The Kier molecular flexibility index (Phi) is 5.14. The van der Waals surface area contributed by atoms with Crippen molar-refractivity contribution in [2.45, 2.75) is 25.3 Å². The van der Waals surface area contributed by atoms with E-state index >= 15 is 0 Å². The smallest absolute Gasteiger partial charge is 0.243 e. The molecule has 0 bridgehead atoms. The molecule has 0 unspecified atom stereocenters. The predicted molar refractivity (Wildman–Crippen MR) is 92.3 cm³/mol. The van der Waals surface area contributed by atoms with Crippen LogP contribution in [-0.2, 0) is 9.59 Å². The van der Waals surface area contributed by atoms with Crippen molar-refractivity contribution >= 4 is 28.9 Å². The number of carboxylic acid groups (broad SMARTS) is 1. The van der Waals surface area contributed by atoms with E-state index in [1.807, 2.05) is 41.8 Å². The van der Waals surface area contributed by atoms with Crippen molar-refractivity contribution in [2.24, 2.45) is 5.10 Å². The number of rotatable bonds is 6. The van der Waals surface area contributed by atoms with E-state index in [9.17, 15) is 14.7 Å². The van der Waals surface area contributed by atoms with Gasteiger partial charge in [0.05, 0.1) is 23.7 Å². The third kappa shape index (κ3) is 3.71. The summed E-state index contributed by atoms with van der Waals surface area (Å²) < 4.78 is 5.42. The summed E-state index contributed by atoms with van der Waals surface area (Å²) in [7, 11) is 1.58. The molecule has 0 saturated heterocycles. The molecule has 0 saturated carbocycles. The molecule has 0 radical (unpaired) electrons. The van der Waals surface area contributed by atoms with Gasteiger partial charge in [0.2, 0.25) is 5.91 Å². The van der Waals surface area contributed by atoms with Gasteiger partial charge in [-0.1, -0.05) is 24.3 Å². The Balaban J connectivity index is 1.92. The number of aliphatic carboxylic acids is 1. The standard InChI is InChI=1S/C18H18N2O4S/c1-24-15-6-3-2-5-12(15)14-11-13(16-7-4-10-25-16)19-20(14)17(21)8-9-18(22)23/h2-7,10,14H,8-9,11H2,1H3,(H,22,23)/p-1/t14-/m0/s1. The van der Waals surface area contributed by atoms with E-state index in [0.717, 1.165) is 16.2 Å². The number of para-hydroxylation sites is 1. The Labute approximate surface area is 149 Å². The molecule has 0 N–H and O–H groups in total. The zero-order chi connectivity index (χ0) is 17.8. The number of ether oxygens (including phenoxy) is 1. The molecule has 1 atom stereocenters. The van der Waals surface area contributed by atoms with Crippen molar-refractivity contribution in [3.63, 3.8) is 0 Å². The van der Waals surface area contributed by atoms with Crippen LogP contribution in [0.25, 0.3) is 0 Å². The van der Waals surface area contributed by atoms with E-state index in [-0.39, 0.29) is 24.8 Å². The maximum atomic E-state index is 12.5. The molecule has 1 aliphatic heterocycles. The number of methoxy groups -OCH3 is 1. The van der Waals surface area contributed by atoms with Gasteiger partial charge in [-0.2, -0.15) is 5.10 Å². The Morgan fingerprint density at radius 1 is 1.28 bits per heavy atom. The fraction of sp³-hybridized carbons (Fsp3) is 0.278. The third-order valence-electron chi connectivity index (χ3n) is 4.01. The second-order valence-electron chi connectivity index (χ2n) is 5.60. The summed E-state index contributed by atoms with van der Waals surface area (Å²) in [6, 6.07) is 11.0. The van der Waals surface area contributed by atoms with E-state index in [2.05, 4.69) is 5.10 Å². The van der Waals surface area contributed by atoms with Crippen LogP contribution in [0.15, 0.2) is 46.9 Å². The molecule has 0 aliphatic carbocycles. The molecule has 1 aromatic carbocycles. The molecule has 0 fully saturated rings. The SMILES string of the molecule is COc1ccccc1[C@@H]1CC(c2cccs2)=NN1C(=O)CCC(=O)[O-]. The summed E-state index contributed by atoms with van der Waals surface area (Å²) in [4.78, 5) is 24.2. The Morgan fingerprint density at radius 3 is 2.76 bits per heavy atom. The van der Waals surface area contributed by atoms with Crippen molar-refractivity contribution in [3.8, 4) is 5.75 Å². The van der Waals surface area contributed by atoms with Crippen LogP contribution in [0, 0.1) is 0 Å². The minimum atomic E-state index is -1.25. The van der Waals surface area contributed by atoms with Crippen LogP contribution in [0.4, 0.5) is 0 Å². The number of carbonyl (C=O) groups excluding carboxylic acids is 2. The van der Waals surface area contributed by atoms with E-state index in [4.69, 9.17) is 4.74 Å². The van der Waals surface area contributed by atoms with Crippen LogP contribution in [0.2, 0.25) is 0 Å². The van der Waals surface area contributed by atoms with Gasteiger partial charge in [0.15, 0.2) is 0 Å². The number of carbonyl (C=O) groups is 2. The van der Waals surface area contributed by atoms with Crippen molar-refractivity contribution in [1.82, 2.24) is 5.01 Å². The van der Waals surface area contributed by atoms with Crippen molar-refractivity contribution in [3.05, 3.63) is 52.2 Å². The maximum absolute atomic E-state index is 12.5. The lowest BCUT2D eigenvalue weighted by Crippen LogP contribution is -2.30. The monoisotopic (exact) mass is 357 g/mol. The molecule has 25 heavy (non-hydrogen) atoms. The van der Waals surface area contributed by atoms with E-state index < -0.39 is 5.97 Å². The van der Waals surface area contributed by atoms with Crippen molar-refractivity contribution in [2.75, 3.05) is 7.11 Å². The quantitative estimate of drug-likeness (QED) is 0.791. The van der Waals surface area contributed by atoms with Gasteiger partial charge in [-0.05, 0) is 23.9 Å². The van der Waals surface area contributed by atoms with E-state index in [0.29, 0.717) is 12.2 Å².